The number of fused-ring (bicyclic) bond motifs is 1. The van der Waals surface area contributed by atoms with Gasteiger partial charge in [-0.25, -0.2) is 4.79 Å². The van der Waals surface area contributed by atoms with Crippen molar-refractivity contribution in [1.29, 1.82) is 0 Å². The zero-order valence-electron chi connectivity index (χ0n) is 18.9. The molecule has 0 fully saturated rings. The predicted molar refractivity (Wildman–Crippen MR) is 116 cm³/mol. The monoisotopic (exact) mass is 500 g/mol. The number of carboxylic acid groups (broad SMARTS) is 1. The number of halogens is 6. The summed E-state index contributed by atoms with van der Waals surface area (Å²) in [5.74, 6) is -2.53. The first-order valence-corrected chi connectivity index (χ1v) is 10.6. The standard InChI is InChI=1S/C24H22F6N2O3/c1-4-32-18-11-16(12(2)3)17(22(34)35)9-14(18)10-19(32)21(33)31-20(24(28,29)30)13-6-5-7-15(8-13)23(25,26)27/h5-12,20H,4H2,1-3H3,(H,31,33)(H,34,35). The SMILES string of the molecule is CCn1c(C(=O)NC(c2cccc(C(F)(F)F)c2)C(F)(F)F)cc2cc(C(=O)O)c(C(C)C)cc21. The number of nitrogens with one attached hydrogen (secondary N) is 1. The second-order valence-corrected chi connectivity index (χ2v) is 8.30. The van der Waals surface area contributed by atoms with Crippen molar-refractivity contribution in [3.8, 4) is 0 Å². The molecule has 1 aromatic heterocycles. The lowest BCUT2D eigenvalue weighted by Crippen LogP contribution is -2.39. The van der Waals surface area contributed by atoms with E-state index in [2.05, 4.69) is 0 Å². The topological polar surface area (TPSA) is 71.3 Å². The largest absolute Gasteiger partial charge is 0.478 e. The van der Waals surface area contributed by atoms with E-state index in [0.29, 0.717) is 28.6 Å². The van der Waals surface area contributed by atoms with Gasteiger partial charge in [0.05, 0.1) is 11.1 Å². The minimum absolute atomic E-state index is 0.00449. The van der Waals surface area contributed by atoms with E-state index in [1.807, 2.05) is 5.32 Å². The van der Waals surface area contributed by atoms with Gasteiger partial charge in [0.2, 0.25) is 0 Å². The van der Waals surface area contributed by atoms with Crippen LogP contribution in [0.1, 0.15) is 70.3 Å². The molecule has 188 valence electrons. The van der Waals surface area contributed by atoms with E-state index in [4.69, 9.17) is 0 Å². The zero-order valence-corrected chi connectivity index (χ0v) is 18.9. The number of rotatable bonds is 6. The molecular weight excluding hydrogens is 478 g/mol. The Morgan fingerprint density at radius 3 is 2.20 bits per heavy atom. The fourth-order valence-electron chi connectivity index (χ4n) is 3.97. The lowest BCUT2D eigenvalue weighted by Gasteiger charge is -2.23. The van der Waals surface area contributed by atoms with E-state index in [1.165, 1.54) is 16.7 Å². The summed E-state index contributed by atoms with van der Waals surface area (Å²) < 4.78 is 82.0. The molecule has 11 heteroatoms. The van der Waals surface area contributed by atoms with Crippen molar-refractivity contribution in [1.82, 2.24) is 9.88 Å². The summed E-state index contributed by atoms with van der Waals surface area (Å²) in [6.07, 6.45) is -9.94. The van der Waals surface area contributed by atoms with E-state index in [0.717, 1.165) is 12.1 Å². The maximum absolute atomic E-state index is 13.8. The Kier molecular flexibility index (Phi) is 6.92. The summed E-state index contributed by atoms with van der Waals surface area (Å²) in [6, 6.07) is 4.19. The molecule has 0 saturated heterocycles. The summed E-state index contributed by atoms with van der Waals surface area (Å²) in [7, 11) is 0. The Morgan fingerprint density at radius 1 is 1.03 bits per heavy atom. The van der Waals surface area contributed by atoms with Crippen molar-refractivity contribution in [2.45, 2.75) is 51.6 Å². The van der Waals surface area contributed by atoms with Crippen molar-refractivity contribution >= 4 is 22.8 Å². The average Bonchev–Trinajstić information content (AvgIpc) is 3.12. The first-order valence-electron chi connectivity index (χ1n) is 10.6. The third-order valence-electron chi connectivity index (χ3n) is 5.62. The number of amides is 1. The normalized spacial score (nSPS) is 13.3. The van der Waals surface area contributed by atoms with Gasteiger partial charge in [0.1, 0.15) is 5.69 Å². The van der Waals surface area contributed by atoms with Gasteiger partial charge in [-0.3, -0.25) is 4.79 Å². The third kappa shape index (κ3) is 5.28. The lowest BCUT2D eigenvalue weighted by atomic mass is 9.95. The highest BCUT2D eigenvalue weighted by Crippen LogP contribution is 2.37. The number of hydrogen-bond acceptors (Lipinski definition) is 2. The van der Waals surface area contributed by atoms with Crippen LogP contribution in [0.4, 0.5) is 26.3 Å². The number of aryl methyl sites for hydroxylation is 1. The van der Waals surface area contributed by atoms with E-state index >= 15 is 0 Å². The van der Waals surface area contributed by atoms with Crippen LogP contribution >= 0.6 is 0 Å². The number of carbonyl (C=O) groups excluding carboxylic acids is 1. The van der Waals surface area contributed by atoms with Gasteiger partial charge < -0.3 is 15.0 Å². The maximum Gasteiger partial charge on any atom is 0.416 e. The molecule has 0 radical (unpaired) electrons. The maximum atomic E-state index is 13.8. The third-order valence-corrected chi connectivity index (χ3v) is 5.62. The van der Waals surface area contributed by atoms with Gasteiger partial charge >= 0.3 is 18.3 Å². The van der Waals surface area contributed by atoms with Crippen LogP contribution in [0.2, 0.25) is 0 Å². The van der Waals surface area contributed by atoms with E-state index in [-0.39, 0.29) is 23.7 Å². The first kappa shape index (κ1) is 26.1. The van der Waals surface area contributed by atoms with Crippen LogP contribution in [-0.4, -0.2) is 27.7 Å². The van der Waals surface area contributed by atoms with Crippen molar-refractivity contribution < 1.29 is 41.0 Å². The second kappa shape index (κ2) is 9.27. The van der Waals surface area contributed by atoms with Gasteiger partial charge in [-0.05, 0) is 54.3 Å². The van der Waals surface area contributed by atoms with Gasteiger partial charge in [-0.2, -0.15) is 26.3 Å². The van der Waals surface area contributed by atoms with Crippen LogP contribution in [0.15, 0.2) is 42.5 Å². The molecular formula is C24H22F6N2O3. The molecule has 1 atom stereocenters. The molecule has 1 amide bonds. The number of benzene rings is 2. The Bertz CT molecular complexity index is 1270. The molecule has 0 aliphatic carbocycles. The molecule has 2 aromatic carbocycles. The molecule has 1 unspecified atom stereocenters. The molecule has 0 aliphatic heterocycles. The van der Waals surface area contributed by atoms with Crippen molar-refractivity contribution in [3.63, 3.8) is 0 Å². The molecule has 0 bridgehead atoms. The lowest BCUT2D eigenvalue weighted by molar-refractivity contribution is -0.156. The van der Waals surface area contributed by atoms with Gasteiger partial charge in [0, 0.05) is 17.4 Å². The van der Waals surface area contributed by atoms with E-state index < -0.39 is 41.4 Å². The molecule has 1 heterocycles. The van der Waals surface area contributed by atoms with Crippen LogP contribution in [0.3, 0.4) is 0 Å². The van der Waals surface area contributed by atoms with Gasteiger partial charge in [-0.15, -0.1) is 0 Å². The highest BCUT2D eigenvalue weighted by Gasteiger charge is 2.43. The summed E-state index contributed by atoms with van der Waals surface area (Å²) in [4.78, 5) is 24.7. The van der Waals surface area contributed by atoms with Gasteiger partial charge in [0.25, 0.3) is 5.91 Å². The van der Waals surface area contributed by atoms with Crippen LogP contribution in [0.5, 0.6) is 0 Å². The fourth-order valence-corrected chi connectivity index (χ4v) is 3.97. The Balaban J connectivity index is 2.09. The van der Waals surface area contributed by atoms with E-state index in [1.54, 1.807) is 26.8 Å². The number of carbonyl (C=O) groups is 2. The van der Waals surface area contributed by atoms with Crippen LogP contribution in [-0.2, 0) is 12.7 Å². The number of alkyl halides is 6. The Hall–Kier alpha value is -3.50. The number of aromatic carboxylic acids is 1. The molecule has 5 nitrogen and oxygen atoms in total. The van der Waals surface area contributed by atoms with Crippen LogP contribution in [0, 0.1) is 0 Å². The highest BCUT2D eigenvalue weighted by molar-refractivity contribution is 6.02. The fraction of sp³-hybridized carbons (Fsp3) is 0.333. The number of carboxylic acids is 1. The van der Waals surface area contributed by atoms with Crippen LogP contribution < -0.4 is 5.32 Å². The summed E-state index contributed by atoms with van der Waals surface area (Å²) in [5, 5.41) is 11.7. The quantitative estimate of drug-likeness (QED) is 0.378. The minimum Gasteiger partial charge on any atom is -0.478 e. The Morgan fingerprint density at radius 2 is 1.69 bits per heavy atom. The average molecular weight is 500 g/mol. The summed E-state index contributed by atoms with van der Waals surface area (Å²) >= 11 is 0. The smallest absolute Gasteiger partial charge is 0.416 e. The predicted octanol–water partition coefficient (Wildman–Crippen LogP) is 6.54. The second-order valence-electron chi connectivity index (χ2n) is 8.30. The first-order chi connectivity index (χ1) is 16.1. The van der Waals surface area contributed by atoms with Gasteiger partial charge in [0.15, 0.2) is 6.04 Å². The Labute approximate surface area is 196 Å². The molecule has 2 N–H and O–H groups in total. The van der Waals surface area contributed by atoms with E-state index in [9.17, 15) is 41.0 Å². The summed E-state index contributed by atoms with van der Waals surface area (Å²) in [5.41, 5.74) is -1.28. The number of nitrogens with zero attached hydrogens (tertiary/aromatic N) is 1. The molecule has 35 heavy (non-hydrogen) atoms. The molecule has 3 aromatic rings. The van der Waals surface area contributed by atoms with Crippen molar-refractivity contribution in [3.05, 3.63) is 70.4 Å². The summed E-state index contributed by atoms with van der Waals surface area (Å²) in [6.45, 7) is 5.40. The number of hydrogen-bond donors (Lipinski definition) is 2. The molecule has 0 spiro atoms. The highest BCUT2D eigenvalue weighted by atomic mass is 19.4. The minimum atomic E-state index is -5.08. The molecule has 0 saturated carbocycles. The number of aromatic nitrogens is 1. The molecule has 3 rings (SSSR count). The zero-order chi connectivity index (χ0) is 26.3. The molecule has 0 aliphatic rings. The van der Waals surface area contributed by atoms with Crippen molar-refractivity contribution in [2.24, 2.45) is 0 Å². The van der Waals surface area contributed by atoms with Crippen LogP contribution in [0.25, 0.3) is 10.9 Å². The van der Waals surface area contributed by atoms with Gasteiger partial charge in [-0.1, -0.05) is 26.0 Å². The van der Waals surface area contributed by atoms with Crippen molar-refractivity contribution in [2.75, 3.05) is 0 Å².